The third-order valence-electron chi connectivity index (χ3n) is 3.52. The lowest BCUT2D eigenvalue weighted by molar-refractivity contribution is -0.0120. The summed E-state index contributed by atoms with van der Waals surface area (Å²) in [6.45, 7) is 8.54. The Morgan fingerprint density at radius 2 is 2.06 bits per heavy atom. The van der Waals surface area contributed by atoms with E-state index in [1.165, 1.54) is 0 Å². The zero-order valence-corrected chi connectivity index (χ0v) is 10.7. The van der Waals surface area contributed by atoms with Gasteiger partial charge < -0.3 is 14.4 Å². The Hall–Kier alpha value is -0.810. The number of nitrogens with zero attached hydrogens (tertiary/aromatic N) is 2. The molecule has 0 aromatic rings. The predicted octanol–water partition coefficient (Wildman–Crippen LogP) is 0.938. The molecule has 0 bridgehead atoms. The zero-order chi connectivity index (χ0) is 12.3. The summed E-state index contributed by atoms with van der Waals surface area (Å²) in [5.41, 5.74) is 0. The minimum absolute atomic E-state index is 0.191. The maximum absolute atomic E-state index is 11.7. The van der Waals surface area contributed by atoms with Crippen molar-refractivity contribution >= 4 is 6.09 Å². The number of carbonyl (C=O) groups is 1. The topological polar surface area (TPSA) is 42.0 Å². The maximum Gasteiger partial charge on any atom is 0.409 e. The molecule has 17 heavy (non-hydrogen) atoms. The molecule has 2 rings (SSSR count). The van der Waals surface area contributed by atoms with Gasteiger partial charge in [-0.25, -0.2) is 4.79 Å². The van der Waals surface area contributed by atoms with Gasteiger partial charge in [0.05, 0.1) is 13.2 Å². The van der Waals surface area contributed by atoms with Crippen molar-refractivity contribution in [2.75, 3.05) is 39.5 Å². The molecule has 2 heterocycles. The molecule has 0 radical (unpaired) electrons. The van der Waals surface area contributed by atoms with Crippen LogP contribution in [0.15, 0.2) is 0 Å². The minimum atomic E-state index is -0.191. The first-order chi connectivity index (χ1) is 8.18. The lowest BCUT2D eigenvalue weighted by Gasteiger charge is -2.43. The Balaban J connectivity index is 1.69. The Labute approximate surface area is 103 Å². The van der Waals surface area contributed by atoms with Crippen molar-refractivity contribution in [1.82, 2.24) is 9.80 Å². The molecule has 2 aliphatic heterocycles. The first-order valence-corrected chi connectivity index (χ1v) is 6.43. The summed E-state index contributed by atoms with van der Waals surface area (Å²) in [7, 11) is 0. The minimum Gasteiger partial charge on any atom is -0.448 e. The van der Waals surface area contributed by atoms with Crippen LogP contribution in [0.4, 0.5) is 4.79 Å². The van der Waals surface area contributed by atoms with Crippen molar-refractivity contribution in [1.29, 1.82) is 0 Å². The number of amides is 1. The van der Waals surface area contributed by atoms with E-state index in [1.54, 1.807) is 4.90 Å². The van der Waals surface area contributed by atoms with Gasteiger partial charge in [0, 0.05) is 31.7 Å². The van der Waals surface area contributed by atoms with Crippen molar-refractivity contribution in [3.63, 3.8) is 0 Å². The second-order valence-corrected chi connectivity index (χ2v) is 4.95. The highest BCUT2D eigenvalue weighted by atomic mass is 16.6. The van der Waals surface area contributed by atoms with E-state index in [1.807, 2.05) is 0 Å². The molecule has 1 unspecified atom stereocenters. The molecule has 1 atom stereocenters. The van der Waals surface area contributed by atoms with Crippen LogP contribution in [0.2, 0.25) is 0 Å². The molecule has 0 aromatic heterocycles. The summed E-state index contributed by atoms with van der Waals surface area (Å²) in [4.78, 5) is 15.8. The van der Waals surface area contributed by atoms with E-state index in [0.717, 1.165) is 13.0 Å². The van der Waals surface area contributed by atoms with Gasteiger partial charge in [-0.3, -0.25) is 4.90 Å². The predicted molar refractivity (Wildman–Crippen MR) is 64.0 cm³/mol. The average Bonchev–Trinajstić information content (AvgIpc) is 2.28. The molecular weight excluding hydrogens is 220 g/mol. The number of morpholine rings is 1. The van der Waals surface area contributed by atoms with Gasteiger partial charge in [-0.2, -0.15) is 0 Å². The number of ether oxygens (including phenoxy) is 2. The monoisotopic (exact) mass is 242 g/mol. The van der Waals surface area contributed by atoms with Crippen molar-refractivity contribution in [2.45, 2.75) is 32.4 Å². The normalized spacial score (nSPS) is 25.8. The lowest BCUT2D eigenvalue weighted by atomic mass is 10.0. The van der Waals surface area contributed by atoms with Gasteiger partial charge in [-0.15, -0.1) is 0 Å². The Bertz CT molecular complexity index is 264. The van der Waals surface area contributed by atoms with Crippen LogP contribution in [0.5, 0.6) is 0 Å². The van der Waals surface area contributed by atoms with Gasteiger partial charge in [0.2, 0.25) is 0 Å². The molecule has 5 heteroatoms. The lowest BCUT2D eigenvalue weighted by Crippen LogP contribution is -2.54. The standard InChI is InChI=1S/C12H22N2O3/c1-10(2)14-4-3-11(14)9-17-12(15)13-5-7-16-8-6-13/h10-11H,3-9H2,1-2H3. The molecule has 0 spiro atoms. The molecule has 2 fully saturated rings. The van der Waals surface area contributed by atoms with Crippen LogP contribution in [0.1, 0.15) is 20.3 Å². The molecular formula is C12H22N2O3. The summed E-state index contributed by atoms with van der Waals surface area (Å²) < 4.78 is 10.6. The molecule has 98 valence electrons. The van der Waals surface area contributed by atoms with Gasteiger partial charge in [0.1, 0.15) is 6.61 Å². The largest absolute Gasteiger partial charge is 0.448 e. The summed E-state index contributed by atoms with van der Waals surface area (Å²) in [6, 6.07) is 0.954. The first kappa shape index (κ1) is 12.6. The van der Waals surface area contributed by atoms with Crippen LogP contribution in [-0.4, -0.2) is 67.4 Å². The number of carbonyl (C=O) groups excluding carboxylic acids is 1. The molecule has 2 aliphatic rings. The average molecular weight is 242 g/mol. The molecule has 2 saturated heterocycles. The van der Waals surface area contributed by atoms with Gasteiger partial charge in [0.25, 0.3) is 0 Å². The smallest absolute Gasteiger partial charge is 0.409 e. The van der Waals surface area contributed by atoms with Crippen LogP contribution in [0.3, 0.4) is 0 Å². The van der Waals surface area contributed by atoms with Crippen LogP contribution in [0, 0.1) is 0 Å². The van der Waals surface area contributed by atoms with E-state index < -0.39 is 0 Å². The van der Waals surface area contributed by atoms with Crippen molar-refractivity contribution in [3.8, 4) is 0 Å². The van der Waals surface area contributed by atoms with Gasteiger partial charge in [0.15, 0.2) is 0 Å². The van der Waals surface area contributed by atoms with Crippen molar-refractivity contribution in [2.24, 2.45) is 0 Å². The van der Waals surface area contributed by atoms with E-state index in [2.05, 4.69) is 18.7 Å². The Morgan fingerprint density at radius 1 is 1.35 bits per heavy atom. The van der Waals surface area contributed by atoms with E-state index in [4.69, 9.17) is 9.47 Å². The highest BCUT2D eigenvalue weighted by Gasteiger charge is 2.31. The summed E-state index contributed by atoms with van der Waals surface area (Å²) in [5, 5.41) is 0. The Morgan fingerprint density at radius 3 is 2.59 bits per heavy atom. The molecule has 0 aromatic carbocycles. The van der Waals surface area contributed by atoms with E-state index in [9.17, 15) is 4.79 Å². The highest BCUT2D eigenvalue weighted by Crippen LogP contribution is 2.20. The number of likely N-dealkylation sites (tertiary alicyclic amines) is 1. The fourth-order valence-corrected chi connectivity index (χ4v) is 2.32. The second-order valence-electron chi connectivity index (χ2n) is 4.95. The van der Waals surface area contributed by atoms with Gasteiger partial charge >= 0.3 is 6.09 Å². The van der Waals surface area contributed by atoms with Crippen LogP contribution in [-0.2, 0) is 9.47 Å². The number of hydrogen-bond donors (Lipinski definition) is 0. The van der Waals surface area contributed by atoms with E-state index >= 15 is 0 Å². The van der Waals surface area contributed by atoms with Crippen LogP contribution in [0.25, 0.3) is 0 Å². The third-order valence-corrected chi connectivity index (χ3v) is 3.52. The van der Waals surface area contributed by atoms with E-state index in [0.29, 0.717) is 45.0 Å². The molecule has 0 N–H and O–H groups in total. The maximum atomic E-state index is 11.7. The third kappa shape index (κ3) is 3.10. The van der Waals surface area contributed by atoms with Crippen LogP contribution < -0.4 is 0 Å². The number of hydrogen-bond acceptors (Lipinski definition) is 4. The first-order valence-electron chi connectivity index (χ1n) is 6.43. The fraction of sp³-hybridized carbons (Fsp3) is 0.917. The van der Waals surface area contributed by atoms with E-state index in [-0.39, 0.29) is 6.09 Å². The Kier molecular flexibility index (Phi) is 4.23. The second kappa shape index (κ2) is 5.69. The fourth-order valence-electron chi connectivity index (χ4n) is 2.32. The molecule has 0 saturated carbocycles. The van der Waals surface area contributed by atoms with Gasteiger partial charge in [-0.1, -0.05) is 0 Å². The summed E-state index contributed by atoms with van der Waals surface area (Å²) >= 11 is 0. The molecule has 5 nitrogen and oxygen atoms in total. The SMILES string of the molecule is CC(C)N1CCC1COC(=O)N1CCOCC1. The van der Waals surface area contributed by atoms with Gasteiger partial charge in [-0.05, 0) is 20.3 Å². The summed E-state index contributed by atoms with van der Waals surface area (Å²) in [5.74, 6) is 0. The van der Waals surface area contributed by atoms with Crippen molar-refractivity contribution in [3.05, 3.63) is 0 Å². The molecule has 1 amide bonds. The number of rotatable bonds is 3. The van der Waals surface area contributed by atoms with Crippen LogP contribution >= 0.6 is 0 Å². The summed E-state index contributed by atoms with van der Waals surface area (Å²) in [6.07, 6.45) is 0.943. The highest BCUT2D eigenvalue weighted by molar-refractivity contribution is 5.67. The zero-order valence-electron chi connectivity index (χ0n) is 10.7. The molecule has 0 aliphatic carbocycles. The quantitative estimate of drug-likeness (QED) is 0.738. The van der Waals surface area contributed by atoms with Crippen molar-refractivity contribution < 1.29 is 14.3 Å².